The van der Waals surface area contributed by atoms with Crippen molar-refractivity contribution in [3.05, 3.63) is 36.5 Å². The summed E-state index contributed by atoms with van der Waals surface area (Å²) >= 11 is 0. The van der Waals surface area contributed by atoms with Gasteiger partial charge in [-0.25, -0.2) is 8.42 Å². The molecule has 23 heavy (non-hydrogen) atoms. The van der Waals surface area contributed by atoms with Crippen LogP contribution in [0, 0.1) is 0 Å². The molecule has 0 spiro atoms. The van der Waals surface area contributed by atoms with Crippen molar-refractivity contribution >= 4 is 21.6 Å². The van der Waals surface area contributed by atoms with E-state index in [1.54, 1.807) is 6.20 Å². The lowest BCUT2D eigenvalue weighted by molar-refractivity contribution is -0.113. The summed E-state index contributed by atoms with van der Waals surface area (Å²) in [6.45, 7) is 0. The van der Waals surface area contributed by atoms with Gasteiger partial charge in [0.05, 0.1) is 11.4 Å². The standard InChI is InChI=1S/C16H19N3O3S/c20-15(11-23(21,22)13-8-4-5-9-13)18-16-14(10-17-19-16)12-6-2-1-3-7-12/h1-3,6-7,10,13H,4-5,8-9,11H2,(H2,17,18,19,20). The molecular formula is C16H19N3O3S. The zero-order valence-electron chi connectivity index (χ0n) is 12.7. The molecular weight excluding hydrogens is 314 g/mol. The largest absolute Gasteiger partial charge is 0.310 e. The highest BCUT2D eigenvalue weighted by Crippen LogP contribution is 2.27. The van der Waals surface area contributed by atoms with Crippen molar-refractivity contribution in [3.8, 4) is 11.1 Å². The molecule has 0 atom stereocenters. The number of aromatic nitrogens is 2. The lowest BCUT2D eigenvalue weighted by Crippen LogP contribution is -2.29. The number of amides is 1. The lowest BCUT2D eigenvalue weighted by atomic mass is 10.1. The summed E-state index contributed by atoms with van der Waals surface area (Å²) in [5.41, 5.74) is 1.63. The number of sulfone groups is 1. The SMILES string of the molecule is O=C(CS(=O)(=O)C1CCCC1)Nc1[nH]ncc1-c1ccccc1. The Bertz CT molecular complexity index is 778. The van der Waals surface area contributed by atoms with Gasteiger partial charge in [-0.2, -0.15) is 5.10 Å². The van der Waals surface area contributed by atoms with E-state index in [0.717, 1.165) is 24.0 Å². The number of benzene rings is 1. The number of carbonyl (C=O) groups excluding carboxylic acids is 1. The smallest absolute Gasteiger partial charge is 0.240 e. The minimum atomic E-state index is -3.39. The highest BCUT2D eigenvalue weighted by molar-refractivity contribution is 7.92. The minimum absolute atomic E-state index is 0.372. The van der Waals surface area contributed by atoms with Crippen LogP contribution in [0.5, 0.6) is 0 Å². The third-order valence-corrected chi connectivity index (χ3v) is 6.28. The van der Waals surface area contributed by atoms with Crippen molar-refractivity contribution in [2.45, 2.75) is 30.9 Å². The summed E-state index contributed by atoms with van der Waals surface area (Å²) in [5.74, 6) is -0.591. The third kappa shape index (κ3) is 3.61. The first-order valence-electron chi connectivity index (χ1n) is 7.66. The maximum Gasteiger partial charge on any atom is 0.240 e. The average molecular weight is 333 g/mol. The molecule has 1 aromatic heterocycles. The molecule has 1 saturated carbocycles. The van der Waals surface area contributed by atoms with Crippen LogP contribution >= 0.6 is 0 Å². The average Bonchev–Trinajstić information content (AvgIpc) is 3.19. The molecule has 122 valence electrons. The third-order valence-electron chi connectivity index (χ3n) is 4.13. The predicted octanol–water partition coefficient (Wildman–Crippen LogP) is 2.37. The minimum Gasteiger partial charge on any atom is -0.310 e. The van der Waals surface area contributed by atoms with Gasteiger partial charge in [-0.05, 0) is 18.4 Å². The normalized spacial score (nSPS) is 15.7. The summed E-state index contributed by atoms with van der Waals surface area (Å²) < 4.78 is 24.5. The van der Waals surface area contributed by atoms with Crippen molar-refractivity contribution in [1.29, 1.82) is 0 Å². The first-order chi connectivity index (χ1) is 11.1. The molecule has 0 radical (unpaired) electrons. The van der Waals surface area contributed by atoms with Crippen LogP contribution in [0.15, 0.2) is 36.5 Å². The van der Waals surface area contributed by atoms with E-state index in [-0.39, 0.29) is 5.25 Å². The molecule has 6 nitrogen and oxygen atoms in total. The fourth-order valence-corrected chi connectivity index (χ4v) is 4.67. The summed E-state index contributed by atoms with van der Waals surface area (Å²) in [5, 5.41) is 8.91. The van der Waals surface area contributed by atoms with Gasteiger partial charge >= 0.3 is 0 Å². The molecule has 1 aliphatic rings. The number of nitrogens with one attached hydrogen (secondary N) is 2. The number of hydrogen-bond acceptors (Lipinski definition) is 4. The molecule has 0 aliphatic heterocycles. The van der Waals surface area contributed by atoms with E-state index in [1.165, 1.54) is 0 Å². The Kier molecular flexibility index (Phi) is 4.47. The summed E-state index contributed by atoms with van der Waals surface area (Å²) in [6, 6.07) is 9.47. The summed E-state index contributed by atoms with van der Waals surface area (Å²) in [4.78, 5) is 12.1. The molecule has 7 heteroatoms. The Hall–Kier alpha value is -2.15. The van der Waals surface area contributed by atoms with Crippen molar-refractivity contribution < 1.29 is 13.2 Å². The van der Waals surface area contributed by atoms with Crippen LogP contribution in [-0.2, 0) is 14.6 Å². The zero-order chi connectivity index (χ0) is 16.3. The number of rotatable bonds is 5. The number of aromatic amines is 1. The van der Waals surface area contributed by atoms with Crippen LogP contribution in [-0.4, -0.2) is 35.5 Å². The van der Waals surface area contributed by atoms with Crippen molar-refractivity contribution in [1.82, 2.24) is 10.2 Å². The summed E-state index contributed by atoms with van der Waals surface area (Å²) in [6.07, 6.45) is 4.77. The second-order valence-corrected chi connectivity index (χ2v) is 8.07. The molecule has 0 bridgehead atoms. The lowest BCUT2D eigenvalue weighted by Gasteiger charge is -2.11. The predicted molar refractivity (Wildman–Crippen MR) is 88.7 cm³/mol. The van der Waals surface area contributed by atoms with Gasteiger partial charge in [0.1, 0.15) is 11.6 Å². The van der Waals surface area contributed by atoms with Gasteiger partial charge in [-0.15, -0.1) is 0 Å². The Labute approximate surface area is 135 Å². The van der Waals surface area contributed by atoms with Crippen LogP contribution in [0.25, 0.3) is 11.1 Å². The van der Waals surface area contributed by atoms with E-state index >= 15 is 0 Å². The van der Waals surface area contributed by atoms with Gasteiger partial charge < -0.3 is 5.32 Å². The molecule has 1 aliphatic carbocycles. The maximum absolute atomic E-state index is 12.2. The van der Waals surface area contributed by atoms with E-state index < -0.39 is 21.5 Å². The van der Waals surface area contributed by atoms with Crippen molar-refractivity contribution in [2.24, 2.45) is 0 Å². The Balaban J connectivity index is 1.71. The topological polar surface area (TPSA) is 91.9 Å². The number of carbonyl (C=O) groups is 1. The highest BCUT2D eigenvalue weighted by Gasteiger charge is 2.30. The second kappa shape index (κ2) is 6.54. The van der Waals surface area contributed by atoms with E-state index in [0.29, 0.717) is 18.7 Å². The van der Waals surface area contributed by atoms with E-state index in [2.05, 4.69) is 15.5 Å². The number of hydrogen-bond donors (Lipinski definition) is 2. The second-order valence-electron chi connectivity index (χ2n) is 5.79. The van der Waals surface area contributed by atoms with Gasteiger partial charge in [0.25, 0.3) is 0 Å². The Morgan fingerprint density at radius 3 is 2.61 bits per heavy atom. The van der Waals surface area contributed by atoms with Crippen LogP contribution in [0.3, 0.4) is 0 Å². The first-order valence-corrected chi connectivity index (χ1v) is 9.38. The Morgan fingerprint density at radius 1 is 1.22 bits per heavy atom. The van der Waals surface area contributed by atoms with Gasteiger partial charge in [-0.3, -0.25) is 9.89 Å². The van der Waals surface area contributed by atoms with Gasteiger partial charge in [0.2, 0.25) is 5.91 Å². The maximum atomic E-state index is 12.2. The quantitative estimate of drug-likeness (QED) is 0.878. The number of anilines is 1. The highest BCUT2D eigenvalue weighted by atomic mass is 32.2. The van der Waals surface area contributed by atoms with Gasteiger partial charge in [-0.1, -0.05) is 43.2 Å². The molecule has 0 unspecified atom stereocenters. The molecule has 2 aromatic rings. The molecule has 1 amide bonds. The van der Waals surface area contributed by atoms with Crippen molar-refractivity contribution in [2.75, 3.05) is 11.1 Å². The monoisotopic (exact) mass is 333 g/mol. The molecule has 1 aromatic carbocycles. The van der Waals surface area contributed by atoms with Crippen molar-refractivity contribution in [3.63, 3.8) is 0 Å². The fourth-order valence-electron chi connectivity index (χ4n) is 2.94. The van der Waals surface area contributed by atoms with Gasteiger partial charge in [0, 0.05) is 5.56 Å². The van der Waals surface area contributed by atoms with E-state index in [9.17, 15) is 13.2 Å². The van der Waals surface area contributed by atoms with Crippen LogP contribution in [0.2, 0.25) is 0 Å². The van der Waals surface area contributed by atoms with Gasteiger partial charge in [0.15, 0.2) is 9.84 Å². The van der Waals surface area contributed by atoms with Crippen LogP contribution in [0.1, 0.15) is 25.7 Å². The summed E-state index contributed by atoms with van der Waals surface area (Å²) in [7, 11) is -3.39. The molecule has 0 saturated heterocycles. The van der Waals surface area contributed by atoms with Crippen LogP contribution in [0.4, 0.5) is 5.82 Å². The van der Waals surface area contributed by atoms with Crippen LogP contribution < -0.4 is 5.32 Å². The van der Waals surface area contributed by atoms with E-state index in [1.807, 2.05) is 30.3 Å². The molecule has 1 fully saturated rings. The number of H-pyrrole nitrogens is 1. The number of nitrogens with zero attached hydrogens (tertiary/aromatic N) is 1. The first kappa shape index (κ1) is 15.7. The van der Waals surface area contributed by atoms with E-state index in [4.69, 9.17) is 0 Å². The Morgan fingerprint density at radius 2 is 1.91 bits per heavy atom. The molecule has 2 N–H and O–H groups in total. The molecule has 3 rings (SSSR count). The fraction of sp³-hybridized carbons (Fsp3) is 0.375. The zero-order valence-corrected chi connectivity index (χ0v) is 13.5. The molecule has 1 heterocycles.